The number of carbonyl (C=O) groups is 1. The first-order valence-corrected chi connectivity index (χ1v) is 21.4. The van der Waals surface area contributed by atoms with Crippen LogP contribution in [0.15, 0.2) is 28.4 Å². The Morgan fingerprint density at radius 1 is 1.12 bits per heavy atom. The standard InChI is InChI=1S/C30H50BrN3O3SSi2/c1-19(2)40(20(3)4,21(5)6)37-26-14-24(12-22(26)16-36-39(10,11)30(7,8)9)34-29-25(15-32-18-33-29)28(35)27-13-23(31)17-38-27/h13,15,17-22,24,26H,12,14,16H2,1-11H3,(H,32,33,34)/t22-,24-,26+/m1/s1. The van der Waals surface area contributed by atoms with Crippen LogP contribution in [0, 0.1) is 5.92 Å². The van der Waals surface area contributed by atoms with Crippen LogP contribution in [-0.4, -0.2) is 51.1 Å². The van der Waals surface area contributed by atoms with E-state index in [0.29, 0.717) is 39.5 Å². The van der Waals surface area contributed by atoms with Crippen LogP contribution in [0.2, 0.25) is 34.8 Å². The van der Waals surface area contributed by atoms with E-state index in [-0.39, 0.29) is 28.9 Å². The van der Waals surface area contributed by atoms with Gasteiger partial charge in [-0.1, -0.05) is 62.3 Å². The first-order chi connectivity index (χ1) is 18.5. The minimum atomic E-state index is -2.09. The molecular formula is C30H50BrN3O3SSi2. The van der Waals surface area contributed by atoms with Gasteiger partial charge in [-0.25, -0.2) is 9.97 Å². The number of thiophene rings is 1. The lowest BCUT2D eigenvalue weighted by molar-refractivity contribution is 0.0971. The number of ketones is 1. The van der Waals surface area contributed by atoms with Crippen LogP contribution in [0.5, 0.6) is 0 Å². The smallest absolute Gasteiger partial charge is 0.208 e. The maximum Gasteiger partial charge on any atom is 0.208 e. The van der Waals surface area contributed by atoms with Crippen molar-refractivity contribution < 1.29 is 13.6 Å². The second-order valence-electron chi connectivity index (χ2n) is 13.9. The maximum atomic E-state index is 13.3. The largest absolute Gasteiger partial charge is 0.416 e. The zero-order valence-electron chi connectivity index (χ0n) is 26.3. The highest BCUT2D eigenvalue weighted by Gasteiger charge is 2.50. The fourth-order valence-corrected chi connectivity index (χ4v) is 14.2. The van der Waals surface area contributed by atoms with E-state index in [4.69, 9.17) is 8.85 Å². The van der Waals surface area contributed by atoms with Gasteiger partial charge < -0.3 is 14.2 Å². The lowest BCUT2D eigenvalue weighted by Crippen LogP contribution is -2.51. The van der Waals surface area contributed by atoms with Gasteiger partial charge in [0.2, 0.25) is 14.1 Å². The molecule has 1 aliphatic rings. The van der Waals surface area contributed by atoms with Gasteiger partial charge in [-0.15, -0.1) is 11.3 Å². The average molecular weight is 669 g/mol. The number of carbonyl (C=O) groups excluding carboxylic acids is 1. The normalized spacial score (nSPS) is 20.6. The molecule has 1 aliphatic carbocycles. The second-order valence-corrected chi connectivity index (χ2v) is 25.9. The Bertz CT molecular complexity index is 1130. The van der Waals surface area contributed by atoms with Crippen molar-refractivity contribution in [2.24, 2.45) is 5.92 Å². The Hall–Kier alpha value is -0.916. The van der Waals surface area contributed by atoms with Gasteiger partial charge in [-0.3, -0.25) is 4.79 Å². The SMILES string of the molecule is CC(C)[Si](O[C@H]1C[C@H](Nc2ncncc2C(=O)c2cc(Br)cs2)C[C@@H]1CO[Si](C)(C)C(C)(C)C)(C(C)C)C(C)C. The molecule has 0 radical (unpaired) electrons. The minimum absolute atomic E-state index is 0.0618. The van der Waals surface area contributed by atoms with E-state index in [1.165, 1.54) is 17.7 Å². The minimum Gasteiger partial charge on any atom is -0.416 e. The fraction of sp³-hybridized carbons (Fsp3) is 0.700. The molecule has 1 saturated carbocycles. The van der Waals surface area contributed by atoms with Crippen molar-refractivity contribution in [3.8, 4) is 0 Å². The quantitative estimate of drug-likeness (QED) is 0.180. The number of nitrogens with one attached hydrogen (secondary N) is 1. The highest BCUT2D eigenvalue weighted by molar-refractivity contribution is 9.10. The van der Waals surface area contributed by atoms with Crippen molar-refractivity contribution in [3.05, 3.63) is 38.9 Å². The predicted octanol–water partition coefficient (Wildman–Crippen LogP) is 9.30. The number of hydrogen-bond acceptors (Lipinski definition) is 7. The molecule has 0 spiro atoms. The van der Waals surface area contributed by atoms with Gasteiger partial charge in [0.25, 0.3) is 0 Å². The molecule has 0 aromatic carbocycles. The van der Waals surface area contributed by atoms with Crippen molar-refractivity contribution in [1.82, 2.24) is 9.97 Å². The Morgan fingerprint density at radius 2 is 1.75 bits per heavy atom. The number of hydrogen-bond donors (Lipinski definition) is 1. The van der Waals surface area contributed by atoms with E-state index >= 15 is 0 Å². The number of rotatable bonds is 12. The van der Waals surface area contributed by atoms with Gasteiger partial charge >= 0.3 is 0 Å². The number of nitrogens with zero attached hydrogens (tertiary/aromatic N) is 2. The maximum absolute atomic E-state index is 13.3. The molecule has 0 bridgehead atoms. The van der Waals surface area contributed by atoms with E-state index in [1.54, 1.807) is 6.20 Å². The number of anilines is 1. The monoisotopic (exact) mass is 667 g/mol. The van der Waals surface area contributed by atoms with Crippen molar-refractivity contribution >= 4 is 55.5 Å². The summed E-state index contributed by atoms with van der Waals surface area (Å²) in [6.45, 7) is 26.3. The summed E-state index contributed by atoms with van der Waals surface area (Å²) < 4.78 is 15.1. The van der Waals surface area contributed by atoms with Gasteiger partial charge in [-0.05, 0) is 69.6 Å². The summed E-state index contributed by atoms with van der Waals surface area (Å²) in [7, 11) is -4.01. The van der Waals surface area contributed by atoms with Gasteiger partial charge in [0.05, 0.1) is 16.5 Å². The molecule has 3 atom stereocenters. The van der Waals surface area contributed by atoms with Gasteiger partial charge in [-0.2, -0.15) is 0 Å². The van der Waals surface area contributed by atoms with Crippen LogP contribution in [0.4, 0.5) is 5.82 Å². The van der Waals surface area contributed by atoms with Crippen LogP contribution in [0.3, 0.4) is 0 Å². The van der Waals surface area contributed by atoms with Crippen LogP contribution in [0.25, 0.3) is 0 Å². The van der Waals surface area contributed by atoms with Gasteiger partial charge in [0, 0.05) is 34.6 Å². The predicted molar refractivity (Wildman–Crippen MR) is 177 cm³/mol. The van der Waals surface area contributed by atoms with E-state index < -0.39 is 16.6 Å². The highest BCUT2D eigenvalue weighted by Crippen LogP contribution is 2.46. The first-order valence-electron chi connectivity index (χ1n) is 14.7. The third kappa shape index (κ3) is 7.34. The summed E-state index contributed by atoms with van der Waals surface area (Å²) in [5.74, 6) is 0.816. The summed E-state index contributed by atoms with van der Waals surface area (Å²) in [5.41, 5.74) is 2.04. The van der Waals surface area contributed by atoms with Crippen molar-refractivity contribution in [3.63, 3.8) is 0 Å². The first kappa shape index (κ1) is 33.6. The van der Waals surface area contributed by atoms with Crippen LogP contribution in [0.1, 0.15) is 90.4 Å². The second kappa shape index (κ2) is 13.2. The molecule has 2 aromatic rings. The van der Waals surface area contributed by atoms with E-state index in [0.717, 1.165) is 17.3 Å². The molecule has 6 nitrogen and oxygen atoms in total. The van der Waals surface area contributed by atoms with Crippen LogP contribution >= 0.6 is 27.3 Å². The third-order valence-electron chi connectivity index (χ3n) is 9.25. The molecule has 2 aromatic heterocycles. The Morgan fingerprint density at radius 3 is 2.27 bits per heavy atom. The molecule has 0 saturated heterocycles. The molecule has 1 N–H and O–H groups in total. The molecule has 3 rings (SSSR count). The molecule has 224 valence electrons. The Labute approximate surface area is 256 Å². The van der Waals surface area contributed by atoms with Crippen molar-refractivity contribution in [2.75, 3.05) is 11.9 Å². The summed E-state index contributed by atoms with van der Waals surface area (Å²) >= 11 is 4.88. The average Bonchev–Trinajstić information content (AvgIpc) is 3.45. The van der Waals surface area contributed by atoms with Crippen molar-refractivity contribution in [1.29, 1.82) is 0 Å². The molecule has 1 fully saturated rings. The zero-order valence-corrected chi connectivity index (χ0v) is 30.7. The molecule has 0 aliphatic heterocycles. The molecular weight excluding hydrogens is 618 g/mol. The Balaban J connectivity index is 1.89. The van der Waals surface area contributed by atoms with E-state index in [9.17, 15) is 4.79 Å². The lowest BCUT2D eigenvalue weighted by atomic mass is 10.1. The Kier molecular flexibility index (Phi) is 11.0. The molecule has 2 heterocycles. The van der Waals surface area contributed by atoms with Gasteiger partial charge in [0.15, 0.2) is 8.32 Å². The van der Waals surface area contributed by atoms with E-state index in [2.05, 4.69) is 107 Å². The van der Waals surface area contributed by atoms with Crippen LogP contribution in [-0.2, 0) is 8.85 Å². The van der Waals surface area contributed by atoms with Crippen LogP contribution < -0.4 is 5.32 Å². The summed E-state index contributed by atoms with van der Waals surface area (Å²) in [5, 5.41) is 5.71. The van der Waals surface area contributed by atoms with Crippen molar-refractivity contribution in [2.45, 2.75) is 122 Å². The lowest BCUT2D eigenvalue weighted by Gasteiger charge is -2.45. The topological polar surface area (TPSA) is 73.3 Å². The summed E-state index contributed by atoms with van der Waals surface area (Å²) in [4.78, 5) is 22.7. The third-order valence-corrected chi connectivity index (χ3v) is 21.6. The number of aromatic nitrogens is 2. The molecule has 0 amide bonds. The molecule has 40 heavy (non-hydrogen) atoms. The number of halogens is 1. The zero-order chi connectivity index (χ0) is 30.0. The summed E-state index contributed by atoms with van der Waals surface area (Å²) in [6, 6.07) is 1.98. The van der Waals surface area contributed by atoms with E-state index in [1.807, 2.05) is 11.4 Å². The fourth-order valence-electron chi connectivity index (χ4n) is 6.10. The molecule has 10 heteroatoms. The molecule has 0 unspecified atom stereocenters. The summed E-state index contributed by atoms with van der Waals surface area (Å²) in [6.07, 6.45) is 5.03. The highest BCUT2D eigenvalue weighted by atomic mass is 79.9. The van der Waals surface area contributed by atoms with Gasteiger partial charge in [0.1, 0.15) is 12.1 Å².